The molecule has 2 aliphatic heterocycles. The fourth-order valence-corrected chi connectivity index (χ4v) is 4.20. The van der Waals surface area contributed by atoms with Crippen molar-refractivity contribution < 1.29 is 8.42 Å². The first-order valence-electron chi connectivity index (χ1n) is 4.90. The molecule has 1 fully saturated rings. The Morgan fingerprint density at radius 1 is 1.29 bits per heavy atom. The van der Waals surface area contributed by atoms with E-state index in [2.05, 4.69) is 5.32 Å². The van der Waals surface area contributed by atoms with Crippen molar-refractivity contribution in [3.05, 3.63) is 11.5 Å². The van der Waals surface area contributed by atoms with Crippen molar-refractivity contribution in [2.45, 2.75) is 24.9 Å². The lowest BCUT2D eigenvalue weighted by molar-refractivity contribution is 0.461. The highest BCUT2D eigenvalue weighted by molar-refractivity contribution is 7.99. The van der Waals surface area contributed by atoms with Crippen LogP contribution in [0.15, 0.2) is 11.5 Å². The Hall–Kier alpha value is -0.0000000000000000555. The number of thioether (sulfide) groups is 1. The molecule has 3 nitrogen and oxygen atoms in total. The van der Waals surface area contributed by atoms with Crippen LogP contribution in [-0.2, 0) is 9.84 Å². The first kappa shape index (κ1) is 10.5. The van der Waals surface area contributed by atoms with Crippen LogP contribution in [0.3, 0.4) is 0 Å². The van der Waals surface area contributed by atoms with E-state index in [1.165, 1.54) is 16.9 Å². The number of nitrogens with one attached hydrogen (secondary N) is 1. The van der Waals surface area contributed by atoms with Crippen molar-refractivity contribution in [3.8, 4) is 0 Å². The second kappa shape index (κ2) is 4.24. The van der Waals surface area contributed by atoms with Gasteiger partial charge in [0.2, 0.25) is 0 Å². The van der Waals surface area contributed by atoms with Gasteiger partial charge in [-0.15, -0.1) is 0 Å². The number of rotatable bonds is 2. The molecule has 0 bridgehead atoms. The minimum absolute atomic E-state index is 0.0492. The third-order valence-corrected chi connectivity index (χ3v) is 5.05. The summed E-state index contributed by atoms with van der Waals surface area (Å²) in [7, 11) is -2.89. The molecular weight excluding hydrogens is 218 g/mol. The standard InChI is InChI=1S/C9H15NO2S2/c11-14(12)6-3-9(7-14)10-8-1-4-13-5-2-8/h3,6,8-10H,1-2,4-5,7H2. The lowest BCUT2D eigenvalue weighted by Gasteiger charge is -2.25. The van der Waals surface area contributed by atoms with Gasteiger partial charge in [0.25, 0.3) is 0 Å². The van der Waals surface area contributed by atoms with Crippen LogP contribution < -0.4 is 5.32 Å². The van der Waals surface area contributed by atoms with E-state index in [0.29, 0.717) is 6.04 Å². The summed E-state index contributed by atoms with van der Waals surface area (Å²) in [5, 5.41) is 4.73. The molecule has 1 saturated heterocycles. The van der Waals surface area contributed by atoms with Crippen LogP contribution in [-0.4, -0.2) is 37.8 Å². The van der Waals surface area contributed by atoms with Crippen molar-refractivity contribution in [2.24, 2.45) is 0 Å². The maximum absolute atomic E-state index is 11.2. The summed E-state index contributed by atoms with van der Waals surface area (Å²) in [6.07, 6.45) is 4.10. The van der Waals surface area contributed by atoms with Gasteiger partial charge >= 0.3 is 0 Å². The van der Waals surface area contributed by atoms with E-state index in [1.54, 1.807) is 6.08 Å². The Morgan fingerprint density at radius 3 is 2.57 bits per heavy atom. The highest BCUT2D eigenvalue weighted by atomic mass is 32.2. The molecule has 0 saturated carbocycles. The molecule has 1 N–H and O–H groups in total. The lowest BCUT2D eigenvalue weighted by Crippen LogP contribution is -2.40. The quantitative estimate of drug-likeness (QED) is 0.766. The smallest absolute Gasteiger partial charge is 0.173 e. The van der Waals surface area contributed by atoms with Gasteiger partial charge in [0.1, 0.15) is 0 Å². The second-order valence-corrected chi connectivity index (χ2v) is 6.97. The molecule has 1 unspecified atom stereocenters. The lowest BCUT2D eigenvalue weighted by atomic mass is 10.1. The molecule has 0 amide bonds. The van der Waals surface area contributed by atoms with Crippen LogP contribution in [0.5, 0.6) is 0 Å². The molecule has 0 spiro atoms. The molecule has 80 valence electrons. The van der Waals surface area contributed by atoms with Crippen molar-refractivity contribution in [3.63, 3.8) is 0 Å². The predicted octanol–water partition coefficient (Wildman–Crippen LogP) is 0.782. The van der Waals surface area contributed by atoms with Crippen LogP contribution in [0.4, 0.5) is 0 Å². The van der Waals surface area contributed by atoms with E-state index in [9.17, 15) is 8.42 Å². The number of hydrogen-bond acceptors (Lipinski definition) is 4. The van der Waals surface area contributed by atoms with Crippen molar-refractivity contribution in [2.75, 3.05) is 17.3 Å². The molecule has 2 rings (SSSR count). The van der Waals surface area contributed by atoms with Crippen LogP contribution in [0, 0.1) is 0 Å². The van der Waals surface area contributed by atoms with E-state index in [4.69, 9.17) is 0 Å². The average Bonchev–Trinajstić information content (AvgIpc) is 2.47. The summed E-state index contributed by atoms with van der Waals surface area (Å²) in [5.74, 6) is 2.64. The summed E-state index contributed by atoms with van der Waals surface area (Å²) in [4.78, 5) is 0. The zero-order valence-corrected chi connectivity index (χ0v) is 9.61. The van der Waals surface area contributed by atoms with E-state index < -0.39 is 9.84 Å². The van der Waals surface area contributed by atoms with Gasteiger partial charge in [0.15, 0.2) is 9.84 Å². The van der Waals surface area contributed by atoms with Crippen LogP contribution in [0.2, 0.25) is 0 Å². The third-order valence-electron chi connectivity index (χ3n) is 2.60. The zero-order chi connectivity index (χ0) is 10.0. The topological polar surface area (TPSA) is 46.2 Å². The molecular formula is C9H15NO2S2. The van der Waals surface area contributed by atoms with Crippen LogP contribution in [0.25, 0.3) is 0 Å². The minimum Gasteiger partial charge on any atom is -0.307 e. The molecule has 2 aliphatic rings. The highest BCUT2D eigenvalue weighted by Gasteiger charge is 2.24. The van der Waals surface area contributed by atoms with Crippen molar-refractivity contribution >= 4 is 21.6 Å². The molecule has 14 heavy (non-hydrogen) atoms. The Balaban J connectivity index is 1.84. The first-order valence-corrected chi connectivity index (χ1v) is 7.77. The van der Waals surface area contributed by atoms with Crippen molar-refractivity contribution in [1.29, 1.82) is 0 Å². The number of hydrogen-bond donors (Lipinski definition) is 1. The zero-order valence-electron chi connectivity index (χ0n) is 7.98. The molecule has 0 radical (unpaired) electrons. The van der Waals surface area contributed by atoms with Gasteiger partial charge in [-0.2, -0.15) is 11.8 Å². The average molecular weight is 233 g/mol. The van der Waals surface area contributed by atoms with E-state index in [-0.39, 0.29) is 11.8 Å². The van der Waals surface area contributed by atoms with Gasteiger partial charge in [-0.25, -0.2) is 8.42 Å². The Labute approximate surface area is 89.3 Å². The Kier molecular flexibility index (Phi) is 3.19. The van der Waals surface area contributed by atoms with Gasteiger partial charge in [-0.05, 0) is 24.3 Å². The Bertz CT molecular complexity index is 318. The van der Waals surface area contributed by atoms with Gasteiger partial charge in [0.05, 0.1) is 5.75 Å². The second-order valence-electron chi connectivity index (χ2n) is 3.82. The fraction of sp³-hybridized carbons (Fsp3) is 0.778. The summed E-state index contributed by atoms with van der Waals surface area (Å²) < 4.78 is 22.3. The van der Waals surface area contributed by atoms with E-state index in [1.807, 2.05) is 11.8 Å². The monoisotopic (exact) mass is 233 g/mol. The normalized spacial score (nSPS) is 32.1. The summed E-state index contributed by atoms with van der Waals surface area (Å²) in [6, 6.07) is 0.562. The Morgan fingerprint density at radius 2 is 2.00 bits per heavy atom. The molecule has 0 aromatic carbocycles. The van der Waals surface area contributed by atoms with Crippen LogP contribution >= 0.6 is 11.8 Å². The maximum Gasteiger partial charge on any atom is 0.173 e. The predicted molar refractivity (Wildman–Crippen MR) is 60.2 cm³/mol. The molecule has 0 aliphatic carbocycles. The summed E-state index contributed by atoms with van der Waals surface area (Å²) >= 11 is 1.98. The van der Waals surface area contributed by atoms with Crippen LogP contribution in [0.1, 0.15) is 12.8 Å². The SMILES string of the molecule is O=S1(=O)C=CC(NC2CCSCC2)C1. The molecule has 2 heterocycles. The molecule has 1 atom stereocenters. The minimum atomic E-state index is -2.89. The molecule has 0 aromatic rings. The van der Waals surface area contributed by atoms with Gasteiger partial charge in [-0.1, -0.05) is 6.08 Å². The van der Waals surface area contributed by atoms with E-state index >= 15 is 0 Å². The van der Waals surface area contributed by atoms with Crippen molar-refractivity contribution in [1.82, 2.24) is 5.32 Å². The van der Waals surface area contributed by atoms with Gasteiger partial charge < -0.3 is 5.32 Å². The summed E-state index contributed by atoms with van der Waals surface area (Å²) in [6.45, 7) is 0. The first-order chi connectivity index (χ1) is 6.66. The third kappa shape index (κ3) is 2.74. The van der Waals surface area contributed by atoms with Gasteiger partial charge in [0, 0.05) is 17.5 Å². The maximum atomic E-state index is 11.2. The molecule has 0 aromatic heterocycles. The summed E-state index contributed by atoms with van der Waals surface area (Å²) in [5.41, 5.74) is 0. The largest absolute Gasteiger partial charge is 0.307 e. The van der Waals surface area contributed by atoms with E-state index in [0.717, 1.165) is 12.8 Å². The fourth-order valence-electron chi connectivity index (χ4n) is 1.85. The number of sulfone groups is 1. The van der Waals surface area contributed by atoms with Gasteiger partial charge in [-0.3, -0.25) is 0 Å². The molecule has 5 heteroatoms. The highest BCUT2D eigenvalue weighted by Crippen LogP contribution is 2.18.